The van der Waals surface area contributed by atoms with Crippen molar-refractivity contribution in [2.24, 2.45) is 7.05 Å². The number of pyridine rings is 1. The minimum absolute atomic E-state index is 0.00753. The lowest BCUT2D eigenvalue weighted by molar-refractivity contribution is 0.0708. The number of rotatable bonds is 4. The SMILES string of the molecule is CC(C)c1ccc(N2CCC(N(C)C(=O)c3cn(C)c(=O)c4c3C=CC4)CC2)cc1. The van der Waals surface area contributed by atoms with Crippen molar-refractivity contribution in [2.45, 2.75) is 45.1 Å². The molecule has 2 aliphatic rings. The second-order valence-corrected chi connectivity index (χ2v) is 8.84. The predicted molar refractivity (Wildman–Crippen MR) is 122 cm³/mol. The number of allylic oxidation sites excluding steroid dienone is 1. The van der Waals surface area contributed by atoms with Crippen LogP contribution in [0.25, 0.3) is 6.08 Å². The summed E-state index contributed by atoms with van der Waals surface area (Å²) in [6.07, 6.45) is 8.07. The molecule has 1 aromatic carbocycles. The molecular formula is C25H31N3O2. The third-order valence-electron chi connectivity index (χ3n) is 6.61. The van der Waals surface area contributed by atoms with Crippen molar-refractivity contribution in [3.05, 3.63) is 69.1 Å². The Bertz CT molecular complexity index is 1030. The van der Waals surface area contributed by atoms with Crippen LogP contribution < -0.4 is 10.5 Å². The van der Waals surface area contributed by atoms with Gasteiger partial charge < -0.3 is 14.4 Å². The smallest absolute Gasteiger partial charge is 0.255 e. The van der Waals surface area contributed by atoms with Crippen LogP contribution in [0, 0.1) is 0 Å². The van der Waals surface area contributed by atoms with Crippen LogP contribution in [0.3, 0.4) is 0 Å². The van der Waals surface area contributed by atoms with Gasteiger partial charge in [0.25, 0.3) is 11.5 Å². The fourth-order valence-corrected chi connectivity index (χ4v) is 4.60. The lowest BCUT2D eigenvalue weighted by atomic mass is 9.99. The number of anilines is 1. The first-order valence-electron chi connectivity index (χ1n) is 10.9. The van der Waals surface area contributed by atoms with Crippen LogP contribution in [-0.2, 0) is 13.5 Å². The number of carbonyl (C=O) groups is 1. The summed E-state index contributed by atoms with van der Waals surface area (Å²) in [4.78, 5) is 29.9. The molecule has 5 nitrogen and oxygen atoms in total. The van der Waals surface area contributed by atoms with Gasteiger partial charge in [-0.25, -0.2) is 0 Å². The Labute approximate surface area is 178 Å². The first kappa shape index (κ1) is 20.5. The highest BCUT2D eigenvalue weighted by atomic mass is 16.2. The Morgan fingerprint density at radius 2 is 1.80 bits per heavy atom. The maximum atomic E-state index is 13.3. The Morgan fingerprint density at radius 3 is 2.43 bits per heavy atom. The fourth-order valence-electron chi connectivity index (χ4n) is 4.60. The van der Waals surface area contributed by atoms with Crippen LogP contribution in [0.2, 0.25) is 0 Å². The van der Waals surface area contributed by atoms with Crippen molar-refractivity contribution in [3.63, 3.8) is 0 Å². The summed E-state index contributed by atoms with van der Waals surface area (Å²) in [7, 11) is 3.62. The minimum Gasteiger partial charge on any atom is -0.371 e. The van der Waals surface area contributed by atoms with E-state index in [4.69, 9.17) is 0 Å². The Balaban J connectivity index is 1.45. The highest BCUT2D eigenvalue weighted by Crippen LogP contribution is 2.27. The van der Waals surface area contributed by atoms with Gasteiger partial charge in [-0.15, -0.1) is 0 Å². The highest BCUT2D eigenvalue weighted by molar-refractivity contribution is 5.98. The van der Waals surface area contributed by atoms with Gasteiger partial charge >= 0.3 is 0 Å². The zero-order chi connectivity index (χ0) is 21.4. The van der Waals surface area contributed by atoms with E-state index in [9.17, 15) is 9.59 Å². The monoisotopic (exact) mass is 405 g/mol. The number of aromatic nitrogens is 1. The summed E-state index contributed by atoms with van der Waals surface area (Å²) in [5.41, 5.74) is 4.78. The van der Waals surface area contributed by atoms with E-state index in [1.54, 1.807) is 13.2 Å². The second-order valence-electron chi connectivity index (χ2n) is 8.84. The molecule has 0 bridgehead atoms. The number of aryl methyl sites for hydroxylation is 1. The molecule has 0 spiro atoms. The lowest BCUT2D eigenvalue weighted by Gasteiger charge is -2.38. The molecule has 1 aromatic heterocycles. The molecule has 1 aliphatic heterocycles. The predicted octanol–water partition coefficient (Wildman–Crippen LogP) is 3.82. The average molecular weight is 406 g/mol. The Morgan fingerprint density at radius 1 is 1.13 bits per heavy atom. The average Bonchev–Trinajstić information content (AvgIpc) is 3.26. The molecule has 1 amide bonds. The fraction of sp³-hybridized carbons (Fsp3) is 0.440. The van der Waals surface area contributed by atoms with Crippen LogP contribution >= 0.6 is 0 Å². The molecule has 5 heteroatoms. The first-order valence-corrected chi connectivity index (χ1v) is 10.9. The number of nitrogens with zero attached hydrogens (tertiary/aromatic N) is 3. The standard InChI is InChI=1S/C25H31N3O2/c1-17(2)18-8-10-20(11-9-18)28-14-12-19(13-15-28)27(4)25(30)23-16-26(3)24(29)22-7-5-6-21(22)23/h5-6,8-11,16-17,19H,7,12-15H2,1-4H3. The normalized spacial score (nSPS) is 16.2. The summed E-state index contributed by atoms with van der Waals surface area (Å²) >= 11 is 0. The molecule has 0 atom stereocenters. The number of piperidine rings is 1. The molecule has 0 saturated carbocycles. The molecule has 2 aromatic rings. The number of carbonyl (C=O) groups excluding carboxylic acids is 1. The van der Waals surface area contributed by atoms with Gasteiger partial charge in [0.05, 0.1) is 5.56 Å². The number of fused-ring (bicyclic) bond motifs is 1. The number of amides is 1. The van der Waals surface area contributed by atoms with E-state index in [1.807, 2.05) is 24.1 Å². The van der Waals surface area contributed by atoms with Crippen LogP contribution in [0.1, 0.15) is 59.7 Å². The van der Waals surface area contributed by atoms with Crippen LogP contribution in [0.4, 0.5) is 5.69 Å². The van der Waals surface area contributed by atoms with Gasteiger partial charge in [-0.1, -0.05) is 38.1 Å². The summed E-state index contributed by atoms with van der Waals surface area (Å²) in [6, 6.07) is 9.07. The second kappa shape index (κ2) is 8.13. The number of benzene rings is 1. The van der Waals surface area contributed by atoms with E-state index < -0.39 is 0 Å². The van der Waals surface area contributed by atoms with E-state index in [-0.39, 0.29) is 17.5 Å². The first-order chi connectivity index (χ1) is 14.4. The van der Waals surface area contributed by atoms with Crippen LogP contribution in [0.5, 0.6) is 0 Å². The van der Waals surface area contributed by atoms with E-state index in [1.165, 1.54) is 15.8 Å². The van der Waals surface area contributed by atoms with Crippen molar-refractivity contribution in [1.82, 2.24) is 9.47 Å². The molecule has 30 heavy (non-hydrogen) atoms. The van der Waals surface area contributed by atoms with Gasteiger partial charge in [0.15, 0.2) is 0 Å². The van der Waals surface area contributed by atoms with Gasteiger partial charge in [-0.05, 0) is 48.4 Å². The Hall–Kier alpha value is -2.82. The largest absolute Gasteiger partial charge is 0.371 e. The molecule has 0 unspecified atom stereocenters. The maximum Gasteiger partial charge on any atom is 0.255 e. The Kier molecular flexibility index (Phi) is 5.54. The summed E-state index contributed by atoms with van der Waals surface area (Å²) in [5, 5.41) is 0. The lowest BCUT2D eigenvalue weighted by Crippen LogP contribution is -2.46. The minimum atomic E-state index is -0.00834. The molecule has 1 fully saturated rings. The number of hydrogen-bond donors (Lipinski definition) is 0. The van der Waals surface area contributed by atoms with Gasteiger partial charge in [0.2, 0.25) is 0 Å². The van der Waals surface area contributed by atoms with Crippen molar-refractivity contribution in [1.29, 1.82) is 0 Å². The van der Waals surface area contributed by atoms with Gasteiger partial charge in [-0.3, -0.25) is 9.59 Å². The molecule has 1 aliphatic carbocycles. The summed E-state index contributed by atoms with van der Waals surface area (Å²) < 4.78 is 1.54. The highest BCUT2D eigenvalue weighted by Gasteiger charge is 2.29. The maximum absolute atomic E-state index is 13.3. The molecule has 0 radical (unpaired) electrons. The van der Waals surface area contributed by atoms with E-state index in [0.717, 1.165) is 37.1 Å². The zero-order valence-corrected chi connectivity index (χ0v) is 18.4. The van der Waals surface area contributed by atoms with Gasteiger partial charge in [0, 0.05) is 50.7 Å². The topological polar surface area (TPSA) is 45.5 Å². The number of hydrogen-bond acceptors (Lipinski definition) is 3. The molecular weight excluding hydrogens is 374 g/mol. The molecule has 1 saturated heterocycles. The molecule has 4 rings (SSSR count). The van der Waals surface area contributed by atoms with Gasteiger partial charge in [0.1, 0.15) is 0 Å². The molecule has 158 valence electrons. The van der Waals surface area contributed by atoms with Crippen molar-refractivity contribution >= 4 is 17.7 Å². The third-order valence-corrected chi connectivity index (χ3v) is 6.61. The van der Waals surface area contributed by atoms with Crippen molar-refractivity contribution < 1.29 is 4.79 Å². The van der Waals surface area contributed by atoms with Crippen LogP contribution in [-0.4, -0.2) is 41.6 Å². The summed E-state index contributed by atoms with van der Waals surface area (Å²) in [5.74, 6) is 0.548. The summed E-state index contributed by atoms with van der Waals surface area (Å²) in [6.45, 7) is 6.30. The third kappa shape index (κ3) is 3.69. The van der Waals surface area contributed by atoms with E-state index in [0.29, 0.717) is 17.9 Å². The molecule has 0 N–H and O–H groups in total. The molecule has 2 heterocycles. The zero-order valence-electron chi connectivity index (χ0n) is 18.4. The quantitative estimate of drug-likeness (QED) is 0.777. The van der Waals surface area contributed by atoms with E-state index >= 15 is 0 Å². The van der Waals surface area contributed by atoms with Crippen molar-refractivity contribution in [2.75, 3.05) is 25.0 Å². The van der Waals surface area contributed by atoms with Crippen molar-refractivity contribution in [3.8, 4) is 0 Å². The van der Waals surface area contributed by atoms with Gasteiger partial charge in [-0.2, -0.15) is 0 Å². The van der Waals surface area contributed by atoms with E-state index in [2.05, 4.69) is 43.0 Å². The van der Waals surface area contributed by atoms with Crippen LogP contribution in [0.15, 0.2) is 41.3 Å².